The molecule has 8 nitrogen and oxygen atoms in total. The van der Waals surface area contributed by atoms with Crippen LogP contribution in [0.3, 0.4) is 0 Å². The maximum Gasteiger partial charge on any atom is 0.308 e. The molecule has 4 rings (SSSR count). The first-order valence-corrected chi connectivity index (χ1v) is 13.0. The third kappa shape index (κ3) is 6.68. The fraction of sp³-hybridized carbons (Fsp3) is 0.462. The van der Waals surface area contributed by atoms with Gasteiger partial charge in [0.25, 0.3) is 0 Å². The zero-order chi connectivity index (χ0) is 24.6. The highest BCUT2D eigenvalue weighted by Gasteiger charge is 2.34. The van der Waals surface area contributed by atoms with Crippen LogP contribution in [0, 0.1) is 11.8 Å². The summed E-state index contributed by atoms with van der Waals surface area (Å²) >= 11 is 1.74. The van der Waals surface area contributed by atoms with E-state index in [1.54, 1.807) is 37.5 Å². The van der Waals surface area contributed by atoms with Crippen molar-refractivity contribution in [2.45, 2.75) is 36.7 Å². The Morgan fingerprint density at radius 1 is 1.26 bits per heavy atom. The second-order valence-corrected chi connectivity index (χ2v) is 10.1. The van der Waals surface area contributed by atoms with Gasteiger partial charge in [0, 0.05) is 23.0 Å². The summed E-state index contributed by atoms with van der Waals surface area (Å²) in [6, 6.07) is 9.41. The number of hydrogen-bond acceptors (Lipinski definition) is 8. The van der Waals surface area contributed by atoms with Crippen molar-refractivity contribution < 1.29 is 19.7 Å². The number of ether oxygens (including phenoxy) is 1. The zero-order valence-corrected chi connectivity index (χ0v) is 20.7. The molecule has 0 bridgehead atoms. The number of aromatic nitrogens is 3. The Labute approximate surface area is 209 Å². The summed E-state index contributed by atoms with van der Waals surface area (Å²) in [5, 5.41) is 29.4. The standard InChI is InChI=1S/C26H32N4O4S/c1-34-19-4-5-24-22(15-19)21(8-10-27-24)25(31)6-3-18-9-13-30(17-23(18)26(32)33)12-2-14-35-20-7-11-28-29-16-20/h4-5,7-8,10-11,15-16,18,23,25,31H,2-3,6,9,12-14,17H2,1H3,(H,32,33)/t18-,23+,25+/m1/s1. The van der Waals surface area contributed by atoms with E-state index in [4.69, 9.17) is 4.74 Å². The number of aliphatic hydroxyl groups excluding tert-OH is 1. The molecule has 0 amide bonds. The van der Waals surface area contributed by atoms with E-state index in [-0.39, 0.29) is 5.92 Å². The van der Waals surface area contributed by atoms with E-state index in [0.29, 0.717) is 25.1 Å². The summed E-state index contributed by atoms with van der Waals surface area (Å²) in [5.74, 6) is 0.569. The van der Waals surface area contributed by atoms with Crippen LogP contribution in [0.2, 0.25) is 0 Å². The number of fused-ring (bicyclic) bond motifs is 1. The molecule has 0 radical (unpaired) electrons. The number of nitrogens with zero attached hydrogens (tertiary/aromatic N) is 4. The molecular formula is C26H32N4O4S. The second-order valence-electron chi connectivity index (χ2n) is 8.95. The molecule has 9 heteroatoms. The molecule has 0 unspecified atom stereocenters. The summed E-state index contributed by atoms with van der Waals surface area (Å²) in [6.07, 6.45) is 7.48. The molecule has 1 aliphatic rings. The first-order chi connectivity index (χ1) is 17.0. The normalized spacial score (nSPS) is 19.5. The molecule has 1 fully saturated rings. The van der Waals surface area contributed by atoms with Gasteiger partial charge < -0.3 is 19.8 Å². The Balaban J connectivity index is 1.30. The number of methoxy groups -OCH3 is 1. The van der Waals surface area contributed by atoms with Crippen LogP contribution in [-0.2, 0) is 4.79 Å². The highest BCUT2D eigenvalue weighted by molar-refractivity contribution is 7.99. The Kier molecular flexibility index (Phi) is 8.90. The number of carboxylic acid groups (broad SMARTS) is 1. The monoisotopic (exact) mass is 496 g/mol. The number of piperidine rings is 1. The lowest BCUT2D eigenvalue weighted by atomic mass is 9.81. The lowest BCUT2D eigenvalue weighted by Gasteiger charge is -2.37. The van der Waals surface area contributed by atoms with Crippen LogP contribution < -0.4 is 4.74 Å². The highest BCUT2D eigenvalue weighted by Crippen LogP contribution is 2.34. The second kappa shape index (κ2) is 12.3. The molecule has 186 valence electrons. The number of aliphatic hydroxyl groups is 1. The van der Waals surface area contributed by atoms with E-state index in [1.807, 2.05) is 30.3 Å². The largest absolute Gasteiger partial charge is 0.497 e. The summed E-state index contributed by atoms with van der Waals surface area (Å²) < 4.78 is 5.33. The Hall–Kier alpha value is -2.75. The van der Waals surface area contributed by atoms with Crippen molar-refractivity contribution in [2.24, 2.45) is 11.8 Å². The summed E-state index contributed by atoms with van der Waals surface area (Å²) in [6.45, 7) is 2.34. The van der Waals surface area contributed by atoms with Crippen LogP contribution in [0.5, 0.6) is 5.75 Å². The van der Waals surface area contributed by atoms with Crippen LogP contribution in [0.15, 0.2) is 53.8 Å². The number of aliphatic carboxylic acids is 1. The lowest BCUT2D eigenvalue weighted by molar-refractivity contribution is -0.146. The molecule has 0 saturated carbocycles. The molecule has 35 heavy (non-hydrogen) atoms. The number of rotatable bonds is 11. The Morgan fingerprint density at radius 2 is 2.14 bits per heavy atom. The van der Waals surface area contributed by atoms with Crippen molar-refractivity contribution >= 4 is 28.6 Å². The minimum Gasteiger partial charge on any atom is -0.497 e. The molecule has 1 aromatic carbocycles. The molecule has 0 aliphatic carbocycles. The van der Waals surface area contributed by atoms with Crippen LogP contribution in [0.1, 0.15) is 37.4 Å². The topological polar surface area (TPSA) is 109 Å². The third-order valence-electron chi connectivity index (χ3n) is 6.75. The zero-order valence-electron chi connectivity index (χ0n) is 19.9. The summed E-state index contributed by atoms with van der Waals surface area (Å²) in [4.78, 5) is 19.8. The van der Waals surface area contributed by atoms with E-state index < -0.39 is 18.0 Å². The molecular weight excluding hydrogens is 464 g/mol. The van der Waals surface area contributed by atoms with Crippen LogP contribution >= 0.6 is 11.8 Å². The van der Waals surface area contributed by atoms with Gasteiger partial charge in [0.05, 0.1) is 37.0 Å². The molecule has 3 aromatic rings. The van der Waals surface area contributed by atoms with Gasteiger partial charge in [-0.3, -0.25) is 9.78 Å². The van der Waals surface area contributed by atoms with Gasteiger partial charge in [-0.2, -0.15) is 10.2 Å². The lowest BCUT2D eigenvalue weighted by Crippen LogP contribution is -2.44. The summed E-state index contributed by atoms with van der Waals surface area (Å²) in [7, 11) is 1.61. The third-order valence-corrected chi connectivity index (χ3v) is 7.82. The van der Waals surface area contributed by atoms with Gasteiger partial charge in [-0.05, 0) is 86.3 Å². The Morgan fingerprint density at radius 3 is 2.91 bits per heavy atom. The van der Waals surface area contributed by atoms with Gasteiger partial charge in [0.15, 0.2) is 0 Å². The van der Waals surface area contributed by atoms with Gasteiger partial charge in [-0.15, -0.1) is 11.8 Å². The van der Waals surface area contributed by atoms with Crippen molar-refractivity contribution in [1.82, 2.24) is 20.1 Å². The number of pyridine rings is 1. The number of benzene rings is 1. The van der Waals surface area contributed by atoms with Gasteiger partial charge >= 0.3 is 5.97 Å². The summed E-state index contributed by atoms with van der Waals surface area (Å²) in [5.41, 5.74) is 1.61. The highest BCUT2D eigenvalue weighted by atomic mass is 32.2. The van der Waals surface area contributed by atoms with E-state index in [0.717, 1.165) is 53.0 Å². The molecule has 2 aromatic heterocycles. The van der Waals surface area contributed by atoms with Gasteiger partial charge in [0.2, 0.25) is 0 Å². The van der Waals surface area contributed by atoms with Crippen LogP contribution in [-0.4, -0.2) is 68.8 Å². The fourth-order valence-corrected chi connectivity index (χ4v) is 5.62. The van der Waals surface area contributed by atoms with Gasteiger partial charge in [-0.1, -0.05) is 0 Å². The van der Waals surface area contributed by atoms with Gasteiger partial charge in [0.1, 0.15) is 5.75 Å². The molecule has 3 heterocycles. The molecule has 0 spiro atoms. The van der Waals surface area contributed by atoms with E-state index >= 15 is 0 Å². The van der Waals surface area contributed by atoms with Crippen molar-refractivity contribution in [1.29, 1.82) is 0 Å². The SMILES string of the molecule is COc1ccc2nccc([C@@H](O)CC[C@@H]3CCN(CCCSc4ccnnc4)C[C@@H]3C(=O)O)c2c1. The fourth-order valence-electron chi connectivity index (χ4n) is 4.83. The van der Waals surface area contributed by atoms with Crippen molar-refractivity contribution in [3.63, 3.8) is 0 Å². The van der Waals surface area contributed by atoms with Crippen molar-refractivity contribution in [3.8, 4) is 5.75 Å². The molecule has 1 aliphatic heterocycles. The number of carbonyl (C=O) groups is 1. The first-order valence-electron chi connectivity index (χ1n) is 12.0. The Bertz CT molecular complexity index is 1120. The smallest absolute Gasteiger partial charge is 0.308 e. The van der Waals surface area contributed by atoms with E-state index in [2.05, 4.69) is 20.1 Å². The molecule has 3 atom stereocenters. The average Bonchev–Trinajstić information content (AvgIpc) is 2.89. The molecule has 2 N–H and O–H groups in total. The van der Waals surface area contributed by atoms with Crippen molar-refractivity contribution in [2.75, 3.05) is 32.5 Å². The number of hydrogen-bond donors (Lipinski definition) is 2. The minimum absolute atomic E-state index is 0.0540. The predicted molar refractivity (Wildman–Crippen MR) is 136 cm³/mol. The predicted octanol–water partition coefficient (Wildman–Crippen LogP) is 4.05. The van der Waals surface area contributed by atoms with Crippen LogP contribution in [0.25, 0.3) is 10.9 Å². The quantitative estimate of drug-likeness (QED) is 0.300. The minimum atomic E-state index is -0.745. The number of carboxylic acids is 1. The van der Waals surface area contributed by atoms with Crippen LogP contribution in [0.4, 0.5) is 0 Å². The number of likely N-dealkylation sites (tertiary alicyclic amines) is 1. The molecule has 1 saturated heterocycles. The van der Waals surface area contributed by atoms with E-state index in [9.17, 15) is 15.0 Å². The van der Waals surface area contributed by atoms with E-state index in [1.165, 1.54) is 0 Å². The van der Waals surface area contributed by atoms with Gasteiger partial charge in [-0.25, -0.2) is 0 Å². The average molecular weight is 497 g/mol. The maximum atomic E-state index is 12.1. The first kappa shape index (κ1) is 25.3. The number of thioether (sulfide) groups is 1. The maximum absolute atomic E-state index is 12.1. The van der Waals surface area contributed by atoms with Crippen molar-refractivity contribution in [3.05, 3.63) is 54.5 Å².